The summed E-state index contributed by atoms with van der Waals surface area (Å²) in [5.41, 5.74) is 9.01. The van der Waals surface area contributed by atoms with E-state index < -0.39 is 0 Å². The zero-order chi connectivity index (χ0) is 10.2. The lowest BCUT2D eigenvalue weighted by molar-refractivity contribution is 0.253. The number of nitrogens with two attached hydrogens (primary N) is 1. The van der Waals surface area contributed by atoms with Gasteiger partial charge in [0.15, 0.2) is 0 Å². The second kappa shape index (κ2) is 3.39. The molecular weight excluding hydrogens is 170 g/mol. The van der Waals surface area contributed by atoms with Crippen LogP contribution in [-0.2, 0) is 5.54 Å². The average molecular weight is 189 g/mol. The van der Waals surface area contributed by atoms with Gasteiger partial charge in [0, 0.05) is 5.54 Å². The minimum Gasteiger partial charge on any atom is -0.321 e. The van der Waals surface area contributed by atoms with E-state index in [-0.39, 0.29) is 5.54 Å². The van der Waals surface area contributed by atoms with E-state index >= 15 is 0 Å². The van der Waals surface area contributed by atoms with Crippen molar-refractivity contribution < 1.29 is 0 Å². The van der Waals surface area contributed by atoms with Gasteiger partial charge in [0.2, 0.25) is 0 Å². The first-order valence-corrected chi connectivity index (χ1v) is 5.51. The summed E-state index contributed by atoms with van der Waals surface area (Å²) in [6, 6.07) is 8.78. The zero-order valence-corrected chi connectivity index (χ0v) is 9.09. The molecule has 1 nitrogen and oxygen atoms in total. The maximum Gasteiger partial charge on any atom is 0.0409 e. The van der Waals surface area contributed by atoms with E-state index in [1.54, 1.807) is 0 Å². The molecule has 1 aliphatic carbocycles. The van der Waals surface area contributed by atoms with Crippen LogP contribution in [0.25, 0.3) is 0 Å². The maximum absolute atomic E-state index is 6.29. The van der Waals surface area contributed by atoms with Crippen LogP contribution < -0.4 is 5.73 Å². The van der Waals surface area contributed by atoms with Crippen LogP contribution in [-0.4, -0.2) is 0 Å². The molecule has 2 rings (SSSR count). The molecule has 0 atom stereocenters. The Hall–Kier alpha value is -0.820. The summed E-state index contributed by atoms with van der Waals surface area (Å²) >= 11 is 0. The summed E-state index contributed by atoms with van der Waals surface area (Å²) in [4.78, 5) is 0. The van der Waals surface area contributed by atoms with E-state index in [2.05, 4.69) is 38.1 Å². The minimum absolute atomic E-state index is 0.00903. The third-order valence-corrected chi connectivity index (χ3v) is 3.37. The Kier molecular flexibility index (Phi) is 2.36. The van der Waals surface area contributed by atoms with Crippen LogP contribution in [0.3, 0.4) is 0 Å². The molecule has 0 aliphatic heterocycles. The highest BCUT2D eigenvalue weighted by atomic mass is 14.8. The molecule has 0 amide bonds. The number of rotatable bonds is 2. The lowest BCUT2D eigenvalue weighted by Gasteiger charge is -2.39. The first-order chi connectivity index (χ1) is 6.62. The van der Waals surface area contributed by atoms with Gasteiger partial charge in [-0.1, -0.05) is 38.1 Å². The summed E-state index contributed by atoms with van der Waals surface area (Å²) in [7, 11) is 0. The topological polar surface area (TPSA) is 26.0 Å². The number of hydrogen-bond acceptors (Lipinski definition) is 1. The van der Waals surface area contributed by atoms with Gasteiger partial charge in [-0.2, -0.15) is 0 Å². The van der Waals surface area contributed by atoms with Crippen molar-refractivity contribution in [3.63, 3.8) is 0 Å². The molecule has 0 spiro atoms. The first kappa shape index (κ1) is 9.72. The van der Waals surface area contributed by atoms with E-state index in [0.29, 0.717) is 5.92 Å². The van der Waals surface area contributed by atoms with Gasteiger partial charge in [0.1, 0.15) is 0 Å². The molecule has 0 heterocycles. The quantitative estimate of drug-likeness (QED) is 0.760. The molecule has 76 valence electrons. The summed E-state index contributed by atoms with van der Waals surface area (Å²) in [5, 5.41) is 0. The van der Waals surface area contributed by atoms with Crippen LogP contribution in [0.2, 0.25) is 0 Å². The summed E-state index contributed by atoms with van der Waals surface area (Å²) in [6.45, 7) is 4.45. The monoisotopic (exact) mass is 189 g/mol. The van der Waals surface area contributed by atoms with Crippen molar-refractivity contribution in [1.82, 2.24) is 0 Å². The Morgan fingerprint density at radius 1 is 1.29 bits per heavy atom. The predicted octanol–water partition coefficient (Wildman–Crippen LogP) is 3.15. The summed E-state index contributed by atoms with van der Waals surface area (Å²) in [5.74, 6) is 0.596. The van der Waals surface area contributed by atoms with Gasteiger partial charge in [-0.25, -0.2) is 0 Å². The van der Waals surface area contributed by atoms with E-state index in [1.807, 2.05) is 0 Å². The maximum atomic E-state index is 6.29. The van der Waals surface area contributed by atoms with Gasteiger partial charge in [0.05, 0.1) is 0 Å². The van der Waals surface area contributed by atoms with Crippen molar-refractivity contribution in [1.29, 1.82) is 0 Å². The molecule has 1 saturated carbocycles. The molecular formula is C13H19N. The Bertz CT molecular complexity index is 324. The normalized spacial score (nSPS) is 19.4. The Morgan fingerprint density at radius 3 is 2.50 bits per heavy atom. The third kappa shape index (κ3) is 1.57. The van der Waals surface area contributed by atoms with Gasteiger partial charge < -0.3 is 5.73 Å². The van der Waals surface area contributed by atoms with Gasteiger partial charge in [-0.15, -0.1) is 0 Å². The lowest BCUT2D eigenvalue weighted by Crippen LogP contribution is -2.43. The molecule has 0 unspecified atom stereocenters. The van der Waals surface area contributed by atoms with E-state index in [4.69, 9.17) is 5.73 Å². The average Bonchev–Trinajstić information content (AvgIpc) is 2.14. The Morgan fingerprint density at radius 2 is 2.00 bits per heavy atom. The predicted molar refractivity (Wildman–Crippen MR) is 60.2 cm³/mol. The van der Waals surface area contributed by atoms with Crippen LogP contribution in [0.4, 0.5) is 0 Å². The lowest BCUT2D eigenvalue weighted by atomic mass is 9.72. The van der Waals surface area contributed by atoms with Crippen LogP contribution in [0.1, 0.15) is 50.2 Å². The Labute approximate surface area is 86.3 Å². The van der Waals surface area contributed by atoms with Crippen molar-refractivity contribution in [3.05, 3.63) is 35.4 Å². The van der Waals surface area contributed by atoms with Gasteiger partial charge in [-0.3, -0.25) is 0 Å². The summed E-state index contributed by atoms with van der Waals surface area (Å²) < 4.78 is 0. The molecule has 1 aromatic rings. The fourth-order valence-electron chi connectivity index (χ4n) is 2.05. The highest BCUT2D eigenvalue weighted by Gasteiger charge is 2.34. The van der Waals surface area contributed by atoms with Crippen molar-refractivity contribution in [2.24, 2.45) is 5.73 Å². The molecule has 1 aliphatic rings. The van der Waals surface area contributed by atoms with E-state index in [1.165, 1.54) is 17.5 Å². The standard InChI is InChI=1S/C13H19N/c1-10(2)11-5-3-6-12(9-11)13(14)7-4-8-13/h3,5-6,9-10H,4,7-8,14H2,1-2H3. The minimum atomic E-state index is -0.00903. The molecule has 1 aromatic carbocycles. The molecule has 14 heavy (non-hydrogen) atoms. The fraction of sp³-hybridized carbons (Fsp3) is 0.538. The highest BCUT2D eigenvalue weighted by molar-refractivity contribution is 5.32. The molecule has 0 bridgehead atoms. The van der Waals surface area contributed by atoms with Gasteiger partial charge in [0.25, 0.3) is 0 Å². The van der Waals surface area contributed by atoms with Crippen molar-refractivity contribution >= 4 is 0 Å². The molecule has 2 N–H and O–H groups in total. The first-order valence-electron chi connectivity index (χ1n) is 5.51. The summed E-state index contributed by atoms with van der Waals surface area (Å²) in [6.07, 6.45) is 3.57. The molecule has 0 saturated heterocycles. The van der Waals surface area contributed by atoms with Crippen molar-refractivity contribution in [3.8, 4) is 0 Å². The van der Waals surface area contributed by atoms with Gasteiger partial charge in [-0.05, 0) is 36.3 Å². The molecule has 0 aromatic heterocycles. The fourth-order valence-corrected chi connectivity index (χ4v) is 2.05. The SMILES string of the molecule is CC(C)c1cccc(C2(N)CCC2)c1. The van der Waals surface area contributed by atoms with Crippen molar-refractivity contribution in [2.45, 2.75) is 44.6 Å². The number of benzene rings is 1. The van der Waals surface area contributed by atoms with Gasteiger partial charge >= 0.3 is 0 Å². The van der Waals surface area contributed by atoms with Crippen LogP contribution in [0, 0.1) is 0 Å². The largest absolute Gasteiger partial charge is 0.321 e. The smallest absolute Gasteiger partial charge is 0.0409 e. The van der Waals surface area contributed by atoms with E-state index in [9.17, 15) is 0 Å². The van der Waals surface area contributed by atoms with E-state index in [0.717, 1.165) is 12.8 Å². The second-order valence-corrected chi connectivity index (χ2v) is 4.79. The van der Waals surface area contributed by atoms with Crippen LogP contribution in [0.15, 0.2) is 24.3 Å². The van der Waals surface area contributed by atoms with Crippen LogP contribution in [0.5, 0.6) is 0 Å². The van der Waals surface area contributed by atoms with Crippen molar-refractivity contribution in [2.75, 3.05) is 0 Å². The van der Waals surface area contributed by atoms with Crippen LogP contribution >= 0.6 is 0 Å². The molecule has 0 radical (unpaired) electrons. The molecule has 1 heteroatoms. The third-order valence-electron chi connectivity index (χ3n) is 3.37. The molecule has 1 fully saturated rings. The Balaban J connectivity index is 2.30. The number of hydrogen-bond donors (Lipinski definition) is 1. The second-order valence-electron chi connectivity index (χ2n) is 4.79. The highest BCUT2D eigenvalue weighted by Crippen LogP contribution is 2.39. The zero-order valence-electron chi connectivity index (χ0n) is 9.09.